The molecular weight excluding hydrogens is 824 g/mol. The van der Waals surface area contributed by atoms with E-state index in [1.807, 2.05) is 36.4 Å². The van der Waals surface area contributed by atoms with Gasteiger partial charge in [0.25, 0.3) is 10.1 Å². The molecule has 61 heavy (non-hydrogen) atoms. The molecule has 0 atom stereocenters. The van der Waals surface area contributed by atoms with Gasteiger partial charge in [-0.3, -0.25) is 4.55 Å². The number of unbranched alkanes of at least 4 members (excludes halogenated alkanes) is 2. The van der Waals surface area contributed by atoms with Crippen molar-refractivity contribution in [2.45, 2.75) is 83.5 Å². The number of benzene rings is 3. The molecule has 0 bridgehead atoms. The van der Waals surface area contributed by atoms with Crippen molar-refractivity contribution in [2.24, 2.45) is 0 Å². The zero-order chi connectivity index (χ0) is 42.9. The molecule has 0 spiro atoms. The minimum absolute atomic E-state index is 0. The fraction of sp³-hybridized carbons (Fsp3) is 0.362. The summed E-state index contributed by atoms with van der Waals surface area (Å²) >= 11 is 0. The van der Waals surface area contributed by atoms with Crippen LogP contribution in [0.2, 0.25) is 0 Å². The van der Waals surface area contributed by atoms with Gasteiger partial charge >= 0.3 is 35.2 Å². The third-order valence-corrected chi connectivity index (χ3v) is 13.4. The molecule has 316 valence electrons. The Morgan fingerprint density at radius 3 is 2.30 bits per heavy atom. The number of hydrogen-bond donors (Lipinski definition) is 1. The van der Waals surface area contributed by atoms with Gasteiger partial charge in [-0.1, -0.05) is 56.3 Å². The van der Waals surface area contributed by atoms with Crippen molar-refractivity contribution >= 4 is 48.3 Å². The van der Waals surface area contributed by atoms with Crippen LogP contribution in [0.25, 0.3) is 11.0 Å². The van der Waals surface area contributed by atoms with E-state index >= 15 is 0 Å². The molecule has 1 aromatic heterocycles. The molecule has 7 rings (SSSR count). The Bertz CT molecular complexity index is 2760. The van der Waals surface area contributed by atoms with Crippen LogP contribution < -0.4 is 44.8 Å². The third-order valence-electron chi connectivity index (χ3n) is 11.8. The van der Waals surface area contributed by atoms with Crippen LogP contribution in [0.4, 0.5) is 11.4 Å². The first-order chi connectivity index (χ1) is 28.4. The predicted octanol–water partition coefficient (Wildman–Crippen LogP) is 5.85. The van der Waals surface area contributed by atoms with Crippen LogP contribution in [0.5, 0.6) is 5.75 Å². The Hall–Kier alpha value is -4.08. The quantitative estimate of drug-likeness (QED) is 0.0506. The zero-order valence-electron chi connectivity index (χ0n) is 35.5. The molecule has 0 fully saturated rings. The first kappa shape index (κ1) is 46.4. The number of anilines is 1. The van der Waals surface area contributed by atoms with Crippen LogP contribution in [0.15, 0.2) is 135 Å². The van der Waals surface area contributed by atoms with Gasteiger partial charge in [0.15, 0.2) is 5.71 Å². The second-order valence-corrected chi connectivity index (χ2v) is 19.9. The normalized spacial score (nSPS) is 18.6. The minimum atomic E-state index is -4.31. The maximum atomic E-state index is 12.2. The summed E-state index contributed by atoms with van der Waals surface area (Å²) in [6.07, 6.45) is 12.5. The number of ether oxygens (including phenoxy) is 1. The van der Waals surface area contributed by atoms with E-state index in [0.717, 1.165) is 69.7 Å². The van der Waals surface area contributed by atoms with Crippen LogP contribution in [-0.4, -0.2) is 60.8 Å². The van der Waals surface area contributed by atoms with Gasteiger partial charge in [-0.2, -0.15) is 13.0 Å². The topological polar surface area (TPSA) is 157 Å². The summed E-state index contributed by atoms with van der Waals surface area (Å²) in [6, 6.07) is 25.0. The molecule has 11 nitrogen and oxygen atoms in total. The summed E-state index contributed by atoms with van der Waals surface area (Å²) in [5.41, 5.74) is 7.71. The van der Waals surface area contributed by atoms with Crippen LogP contribution >= 0.6 is 0 Å². The van der Waals surface area contributed by atoms with Gasteiger partial charge in [0, 0.05) is 70.7 Å². The van der Waals surface area contributed by atoms with Crippen LogP contribution in [0.1, 0.15) is 83.8 Å². The monoisotopic (exact) mass is 875 g/mol. The van der Waals surface area contributed by atoms with Gasteiger partial charge in [-0.15, -0.1) is 0 Å². The van der Waals surface area contributed by atoms with Gasteiger partial charge < -0.3 is 18.6 Å². The van der Waals surface area contributed by atoms with E-state index in [1.54, 1.807) is 12.1 Å². The first-order valence-electron chi connectivity index (χ1n) is 20.5. The molecule has 3 aliphatic rings. The largest absolute Gasteiger partial charge is 1.00 e. The molecule has 1 aliphatic carbocycles. The van der Waals surface area contributed by atoms with Crippen molar-refractivity contribution in [3.63, 3.8) is 0 Å². The summed E-state index contributed by atoms with van der Waals surface area (Å²) in [5.74, 6) is 0.522. The molecule has 4 aromatic rings. The average molecular weight is 876 g/mol. The van der Waals surface area contributed by atoms with Gasteiger partial charge in [-0.05, 0) is 105 Å². The number of rotatable bonds is 15. The second-order valence-electron chi connectivity index (χ2n) is 16.8. The smallest absolute Gasteiger partial charge is 0.748 e. The van der Waals surface area contributed by atoms with Crippen molar-refractivity contribution in [3.05, 3.63) is 147 Å². The number of para-hydroxylation sites is 2. The third kappa shape index (κ3) is 10.6. The Balaban J connectivity index is 0.00000622. The summed E-state index contributed by atoms with van der Waals surface area (Å²) in [7, 11) is -8.37. The Kier molecular flexibility index (Phi) is 14.2. The van der Waals surface area contributed by atoms with Crippen molar-refractivity contribution in [3.8, 4) is 5.75 Å². The molecule has 0 saturated carbocycles. The summed E-state index contributed by atoms with van der Waals surface area (Å²) in [6.45, 7) is 9.84. The Morgan fingerprint density at radius 2 is 1.54 bits per heavy atom. The molecule has 2 aliphatic heterocycles. The van der Waals surface area contributed by atoms with Gasteiger partial charge in [0.2, 0.25) is 5.69 Å². The predicted molar refractivity (Wildman–Crippen MR) is 235 cm³/mol. The zero-order valence-corrected chi connectivity index (χ0v) is 39.2. The van der Waals surface area contributed by atoms with Gasteiger partial charge in [0.1, 0.15) is 23.6 Å². The molecule has 14 heteroatoms. The molecule has 0 radical (unpaired) electrons. The van der Waals surface area contributed by atoms with E-state index in [1.165, 1.54) is 6.07 Å². The number of nitrogens with zero attached hydrogens (tertiary/aromatic N) is 2. The van der Waals surface area contributed by atoms with E-state index in [4.69, 9.17) is 9.15 Å². The van der Waals surface area contributed by atoms with E-state index < -0.39 is 31.6 Å². The Morgan fingerprint density at radius 1 is 0.836 bits per heavy atom. The molecular formula is C47H52N2NaO9S2+. The first-order valence-corrected chi connectivity index (χ1v) is 23.7. The number of allylic oxidation sites excluding steroid dienone is 7. The average Bonchev–Trinajstić information content (AvgIpc) is 3.54. The molecule has 3 aromatic carbocycles. The molecule has 1 N–H and O–H groups in total. The SMILES string of the molecule is CC1(C)C(=CC=C2CCCC(C=CC3=[N+](CCCCS(=O)(=O)O)c4ccccc4C3(C)C)=C2Oc2ccc3ccc(=O)oc3c2)N(CCCCS(=O)(=O)[O-])c2ccccc21.[Na+]. The fourth-order valence-corrected chi connectivity index (χ4v) is 9.93. The fourth-order valence-electron chi connectivity index (χ4n) is 8.80. The Labute approximate surface area is 381 Å². The van der Waals surface area contributed by atoms with E-state index in [2.05, 4.69) is 85.7 Å². The molecule has 0 saturated heterocycles. The number of fused-ring (bicyclic) bond motifs is 3. The van der Waals surface area contributed by atoms with Crippen molar-refractivity contribution in [2.75, 3.05) is 29.5 Å². The van der Waals surface area contributed by atoms with Gasteiger partial charge in [-0.25, -0.2) is 13.2 Å². The second kappa shape index (κ2) is 18.7. The van der Waals surface area contributed by atoms with Crippen molar-refractivity contribution in [1.29, 1.82) is 0 Å². The van der Waals surface area contributed by atoms with Crippen molar-refractivity contribution < 1.29 is 69.2 Å². The summed E-state index contributed by atoms with van der Waals surface area (Å²) in [5, 5.41) is 0.771. The molecule has 0 amide bonds. The van der Waals surface area contributed by atoms with Crippen LogP contribution in [0.3, 0.4) is 0 Å². The molecule has 0 unspecified atom stereocenters. The van der Waals surface area contributed by atoms with Gasteiger partial charge in [0.05, 0.1) is 21.3 Å². The van der Waals surface area contributed by atoms with E-state index in [9.17, 15) is 30.7 Å². The summed E-state index contributed by atoms with van der Waals surface area (Å²) in [4.78, 5) is 14.4. The van der Waals surface area contributed by atoms with Crippen molar-refractivity contribution in [1.82, 2.24) is 0 Å². The summed E-state index contributed by atoms with van der Waals surface area (Å²) < 4.78 is 81.1. The van der Waals surface area contributed by atoms with E-state index in [-0.39, 0.29) is 52.6 Å². The maximum absolute atomic E-state index is 12.2. The minimum Gasteiger partial charge on any atom is -0.748 e. The van der Waals surface area contributed by atoms with Crippen LogP contribution in [-0.2, 0) is 31.1 Å². The number of hydrogen-bond acceptors (Lipinski definition) is 9. The van der Waals surface area contributed by atoms with Crippen LogP contribution in [0, 0.1) is 0 Å². The molecule has 3 heterocycles. The van der Waals surface area contributed by atoms with E-state index in [0.29, 0.717) is 49.4 Å². The standard InChI is InChI=1S/C47H52N2O9S2.Na/c1-46(2)37-16-5-7-18-39(37)48(28-9-11-30-59(51,52)53)42(46)25-21-34-14-13-15-35(45(34)57-36-24-20-33-23-27-44(50)58-41(33)32-36)22-26-43-47(3,4)38-17-6-8-19-40(38)49(43)29-10-12-31-60(54,55)56;/h5-8,16-27,32H,9-15,28-31H2,1-4H3,(H-,51,52,53,54,55,56);/q;+1. The maximum Gasteiger partial charge on any atom is 1.00 e.